The van der Waals surface area contributed by atoms with E-state index in [1.165, 1.54) is 16.8 Å². The molecule has 0 aliphatic carbocycles. The summed E-state index contributed by atoms with van der Waals surface area (Å²) in [5.74, 6) is -0.133. The molecule has 2 heterocycles. The van der Waals surface area contributed by atoms with Gasteiger partial charge < -0.3 is 9.32 Å². The standard InChI is InChI=1S/C16H18N2O4S/c1-13-3-2-4-15(11-13)23(20,21)18-8-6-17(7-9-18)16(19)14-5-10-22-12-14/h2-5,10-12H,6-9H2,1H3. The van der Waals surface area contributed by atoms with Gasteiger partial charge in [0, 0.05) is 26.2 Å². The van der Waals surface area contributed by atoms with Crippen LogP contribution in [-0.4, -0.2) is 49.7 Å². The molecule has 7 heteroatoms. The van der Waals surface area contributed by atoms with Gasteiger partial charge in [0.05, 0.1) is 16.7 Å². The number of furan rings is 1. The number of aryl methyl sites for hydroxylation is 1. The number of carbonyl (C=O) groups excluding carboxylic acids is 1. The summed E-state index contributed by atoms with van der Waals surface area (Å²) in [6.07, 6.45) is 2.85. The largest absolute Gasteiger partial charge is 0.472 e. The zero-order valence-corrected chi connectivity index (χ0v) is 13.6. The average molecular weight is 334 g/mol. The number of rotatable bonds is 3. The fourth-order valence-corrected chi connectivity index (χ4v) is 4.15. The Bertz CT molecular complexity index is 791. The minimum atomic E-state index is -3.51. The fourth-order valence-electron chi connectivity index (χ4n) is 2.63. The van der Waals surface area contributed by atoms with Gasteiger partial charge in [-0.25, -0.2) is 8.42 Å². The van der Waals surface area contributed by atoms with Crippen molar-refractivity contribution < 1.29 is 17.6 Å². The summed E-state index contributed by atoms with van der Waals surface area (Å²) < 4.78 is 31.7. The second kappa shape index (κ2) is 6.17. The van der Waals surface area contributed by atoms with Gasteiger partial charge in [-0.3, -0.25) is 4.79 Å². The lowest BCUT2D eigenvalue weighted by Gasteiger charge is -2.33. The van der Waals surface area contributed by atoms with Gasteiger partial charge >= 0.3 is 0 Å². The quantitative estimate of drug-likeness (QED) is 0.857. The zero-order chi connectivity index (χ0) is 16.4. The van der Waals surface area contributed by atoms with Crippen LogP contribution < -0.4 is 0 Å². The van der Waals surface area contributed by atoms with E-state index in [-0.39, 0.29) is 5.91 Å². The highest BCUT2D eigenvalue weighted by atomic mass is 32.2. The molecule has 0 spiro atoms. The van der Waals surface area contributed by atoms with Crippen LogP contribution in [0.4, 0.5) is 0 Å². The Labute approximate surface area is 135 Å². The predicted molar refractivity (Wildman–Crippen MR) is 84.5 cm³/mol. The molecule has 2 aromatic rings. The minimum Gasteiger partial charge on any atom is -0.472 e. The van der Waals surface area contributed by atoms with Crippen molar-refractivity contribution in [1.82, 2.24) is 9.21 Å². The van der Waals surface area contributed by atoms with Crippen LogP contribution in [0.3, 0.4) is 0 Å². The molecule has 0 bridgehead atoms. The Balaban J connectivity index is 1.70. The van der Waals surface area contributed by atoms with Crippen LogP contribution >= 0.6 is 0 Å². The summed E-state index contributed by atoms with van der Waals surface area (Å²) >= 11 is 0. The molecule has 0 N–H and O–H groups in total. The highest BCUT2D eigenvalue weighted by Gasteiger charge is 2.30. The molecule has 1 amide bonds. The topological polar surface area (TPSA) is 70.8 Å². The molecule has 1 saturated heterocycles. The van der Waals surface area contributed by atoms with Crippen molar-refractivity contribution in [2.45, 2.75) is 11.8 Å². The lowest BCUT2D eigenvalue weighted by atomic mass is 10.2. The van der Waals surface area contributed by atoms with Gasteiger partial charge in [-0.2, -0.15) is 4.31 Å². The summed E-state index contributed by atoms with van der Waals surface area (Å²) in [6, 6.07) is 8.48. The molecule has 3 rings (SSSR count). The van der Waals surface area contributed by atoms with Crippen molar-refractivity contribution >= 4 is 15.9 Å². The van der Waals surface area contributed by atoms with Crippen LogP contribution in [-0.2, 0) is 10.0 Å². The molecule has 1 aliphatic rings. The number of carbonyl (C=O) groups is 1. The number of amides is 1. The van der Waals surface area contributed by atoms with Crippen LogP contribution in [0.1, 0.15) is 15.9 Å². The minimum absolute atomic E-state index is 0.133. The molecule has 1 aromatic carbocycles. The molecule has 122 valence electrons. The fraction of sp³-hybridized carbons (Fsp3) is 0.312. The van der Waals surface area contributed by atoms with E-state index in [1.54, 1.807) is 29.2 Å². The van der Waals surface area contributed by atoms with Gasteiger partial charge in [0.2, 0.25) is 10.0 Å². The lowest BCUT2D eigenvalue weighted by molar-refractivity contribution is 0.0697. The Morgan fingerprint density at radius 3 is 2.48 bits per heavy atom. The Morgan fingerprint density at radius 1 is 1.13 bits per heavy atom. The number of sulfonamides is 1. The van der Waals surface area contributed by atoms with Crippen LogP contribution in [0.2, 0.25) is 0 Å². The lowest BCUT2D eigenvalue weighted by Crippen LogP contribution is -2.50. The van der Waals surface area contributed by atoms with Gasteiger partial charge in [-0.05, 0) is 30.7 Å². The molecular formula is C16H18N2O4S. The average Bonchev–Trinajstić information content (AvgIpc) is 3.09. The molecule has 1 fully saturated rings. The molecule has 6 nitrogen and oxygen atoms in total. The molecule has 0 radical (unpaired) electrons. The number of nitrogens with zero attached hydrogens (tertiary/aromatic N) is 2. The second-order valence-electron chi connectivity index (χ2n) is 5.52. The Hall–Kier alpha value is -2.12. The maximum atomic E-state index is 12.7. The third kappa shape index (κ3) is 3.16. The highest BCUT2D eigenvalue weighted by molar-refractivity contribution is 7.89. The monoisotopic (exact) mass is 334 g/mol. The van der Waals surface area contributed by atoms with Crippen molar-refractivity contribution in [2.24, 2.45) is 0 Å². The van der Waals surface area contributed by atoms with E-state index in [9.17, 15) is 13.2 Å². The number of hydrogen-bond acceptors (Lipinski definition) is 4. The molecular weight excluding hydrogens is 316 g/mol. The molecule has 23 heavy (non-hydrogen) atoms. The first-order chi connectivity index (χ1) is 11.0. The summed E-state index contributed by atoms with van der Waals surface area (Å²) in [7, 11) is -3.51. The van der Waals surface area contributed by atoms with E-state index in [0.29, 0.717) is 36.6 Å². The SMILES string of the molecule is Cc1cccc(S(=O)(=O)N2CCN(C(=O)c3ccoc3)CC2)c1. The number of hydrogen-bond donors (Lipinski definition) is 0. The maximum absolute atomic E-state index is 12.7. The maximum Gasteiger partial charge on any atom is 0.257 e. The molecule has 0 unspecified atom stereocenters. The molecule has 1 aromatic heterocycles. The third-order valence-corrected chi connectivity index (χ3v) is 5.82. The summed E-state index contributed by atoms with van der Waals surface area (Å²) in [6.45, 7) is 3.18. The van der Waals surface area contributed by atoms with Crippen LogP contribution in [0, 0.1) is 6.92 Å². The molecule has 0 atom stereocenters. The van der Waals surface area contributed by atoms with Crippen molar-refractivity contribution in [3.8, 4) is 0 Å². The van der Waals surface area contributed by atoms with E-state index >= 15 is 0 Å². The summed E-state index contributed by atoms with van der Waals surface area (Å²) in [5.41, 5.74) is 1.39. The van der Waals surface area contributed by atoms with Gasteiger partial charge in [0.15, 0.2) is 0 Å². The van der Waals surface area contributed by atoms with Crippen LogP contribution in [0.25, 0.3) is 0 Å². The number of benzene rings is 1. The third-order valence-electron chi connectivity index (χ3n) is 3.92. The second-order valence-corrected chi connectivity index (χ2v) is 7.46. The normalized spacial score (nSPS) is 16.5. The first-order valence-corrected chi connectivity index (χ1v) is 8.81. The van der Waals surface area contributed by atoms with E-state index in [0.717, 1.165) is 5.56 Å². The smallest absolute Gasteiger partial charge is 0.257 e. The van der Waals surface area contributed by atoms with Gasteiger partial charge in [-0.1, -0.05) is 12.1 Å². The van der Waals surface area contributed by atoms with Gasteiger partial charge in [-0.15, -0.1) is 0 Å². The first kappa shape index (κ1) is 15.8. The van der Waals surface area contributed by atoms with Crippen molar-refractivity contribution in [1.29, 1.82) is 0 Å². The Kier molecular flexibility index (Phi) is 4.23. The van der Waals surface area contributed by atoms with Gasteiger partial charge in [0.25, 0.3) is 5.91 Å². The van der Waals surface area contributed by atoms with Crippen LogP contribution in [0.15, 0.2) is 52.2 Å². The number of piperazine rings is 1. The Morgan fingerprint density at radius 2 is 1.87 bits per heavy atom. The van der Waals surface area contributed by atoms with E-state index in [4.69, 9.17) is 4.42 Å². The summed E-state index contributed by atoms with van der Waals surface area (Å²) in [4.78, 5) is 14.2. The van der Waals surface area contributed by atoms with E-state index in [1.807, 2.05) is 13.0 Å². The van der Waals surface area contributed by atoms with Gasteiger partial charge in [0.1, 0.15) is 6.26 Å². The van der Waals surface area contributed by atoms with E-state index in [2.05, 4.69) is 0 Å². The van der Waals surface area contributed by atoms with Crippen LogP contribution in [0.5, 0.6) is 0 Å². The summed E-state index contributed by atoms with van der Waals surface area (Å²) in [5, 5.41) is 0. The predicted octanol–water partition coefficient (Wildman–Crippen LogP) is 1.73. The zero-order valence-electron chi connectivity index (χ0n) is 12.8. The highest BCUT2D eigenvalue weighted by Crippen LogP contribution is 2.19. The first-order valence-electron chi connectivity index (χ1n) is 7.37. The van der Waals surface area contributed by atoms with Crippen molar-refractivity contribution in [3.05, 3.63) is 54.0 Å². The molecule has 1 aliphatic heterocycles. The molecule has 0 saturated carbocycles. The van der Waals surface area contributed by atoms with Crippen molar-refractivity contribution in [3.63, 3.8) is 0 Å². The van der Waals surface area contributed by atoms with Crippen molar-refractivity contribution in [2.75, 3.05) is 26.2 Å². The van der Waals surface area contributed by atoms with E-state index < -0.39 is 10.0 Å².